The number of imidazole rings is 1. The molecule has 0 unspecified atom stereocenters. The average molecular weight is 278 g/mol. The summed E-state index contributed by atoms with van der Waals surface area (Å²) in [6.07, 6.45) is 5.98. The van der Waals surface area contributed by atoms with Gasteiger partial charge in [0.15, 0.2) is 0 Å². The maximum absolute atomic E-state index is 5.88. The van der Waals surface area contributed by atoms with E-state index in [4.69, 9.17) is 11.6 Å². The molecule has 1 heterocycles. The standard InChI is InChI=1S/C15H20ClN3/c1-2-8-17-10-15-11-18-12-19(15)9-7-13-3-5-14(16)6-4-13/h3-6,11-12,17H,2,7-10H2,1H3. The van der Waals surface area contributed by atoms with Gasteiger partial charge >= 0.3 is 0 Å². The predicted octanol–water partition coefficient (Wildman–Crippen LogP) is 3.28. The summed E-state index contributed by atoms with van der Waals surface area (Å²) < 4.78 is 2.21. The number of aromatic nitrogens is 2. The molecule has 0 atom stereocenters. The van der Waals surface area contributed by atoms with Crippen molar-refractivity contribution in [2.24, 2.45) is 0 Å². The van der Waals surface area contributed by atoms with E-state index in [1.54, 1.807) is 0 Å². The van der Waals surface area contributed by atoms with Crippen molar-refractivity contribution in [1.29, 1.82) is 0 Å². The van der Waals surface area contributed by atoms with Gasteiger partial charge in [-0.25, -0.2) is 4.98 Å². The van der Waals surface area contributed by atoms with E-state index < -0.39 is 0 Å². The normalized spacial score (nSPS) is 10.8. The van der Waals surface area contributed by atoms with Gasteiger partial charge in [0.2, 0.25) is 0 Å². The molecule has 1 aromatic heterocycles. The average Bonchev–Trinajstić information content (AvgIpc) is 2.86. The molecule has 3 nitrogen and oxygen atoms in total. The van der Waals surface area contributed by atoms with Gasteiger partial charge in [-0.05, 0) is 37.1 Å². The molecule has 2 rings (SSSR count). The summed E-state index contributed by atoms with van der Waals surface area (Å²) in [5, 5.41) is 4.19. The Labute approximate surface area is 119 Å². The van der Waals surface area contributed by atoms with Crippen molar-refractivity contribution in [2.45, 2.75) is 32.9 Å². The number of rotatable bonds is 7. The van der Waals surface area contributed by atoms with Crippen LogP contribution >= 0.6 is 11.6 Å². The second-order valence-corrected chi connectivity index (χ2v) is 5.07. The van der Waals surface area contributed by atoms with Crippen LogP contribution in [0.5, 0.6) is 0 Å². The molecule has 0 aliphatic heterocycles. The molecule has 1 aromatic carbocycles. The zero-order valence-corrected chi connectivity index (χ0v) is 12.0. The van der Waals surface area contributed by atoms with Gasteiger partial charge < -0.3 is 9.88 Å². The maximum atomic E-state index is 5.88. The number of hydrogen-bond donors (Lipinski definition) is 1. The molecule has 4 heteroatoms. The highest BCUT2D eigenvalue weighted by Gasteiger charge is 2.02. The van der Waals surface area contributed by atoms with Crippen LogP contribution in [-0.2, 0) is 19.5 Å². The van der Waals surface area contributed by atoms with Crippen LogP contribution in [0.4, 0.5) is 0 Å². The molecule has 102 valence electrons. The molecule has 0 spiro atoms. The summed E-state index contributed by atoms with van der Waals surface area (Å²) in [4.78, 5) is 4.23. The van der Waals surface area contributed by atoms with E-state index in [0.29, 0.717) is 0 Å². The predicted molar refractivity (Wildman–Crippen MR) is 79.4 cm³/mol. The van der Waals surface area contributed by atoms with Gasteiger partial charge in [0.1, 0.15) is 0 Å². The smallest absolute Gasteiger partial charge is 0.0948 e. The number of benzene rings is 1. The molecule has 19 heavy (non-hydrogen) atoms. The van der Waals surface area contributed by atoms with Gasteiger partial charge in [-0.15, -0.1) is 0 Å². The molecule has 0 bridgehead atoms. The summed E-state index contributed by atoms with van der Waals surface area (Å²) in [7, 11) is 0. The van der Waals surface area contributed by atoms with Crippen molar-refractivity contribution in [3.8, 4) is 0 Å². The molecule has 1 N–H and O–H groups in total. The molecule has 0 radical (unpaired) electrons. The van der Waals surface area contributed by atoms with Gasteiger partial charge in [-0.3, -0.25) is 0 Å². The highest BCUT2D eigenvalue weighted by atomic mass is 35.5. The van der Waals surface area contributed by atoms with Crippen LogP contribution in [0, 0.1) is 0 Å². The Hall–Kier alpha value is -1.32. The van der Waals surface area contributed by atoms with E-state index in [-0.39, 0.29) is 0 Å². The first-order valence-electron chi connectivity index (χ1n) is 6.73. The number of hydrogen-bond acceptors (Lipinski definition) is 2. The highest BCUT2D eigenvalue weighted by molar-refractivity contribution is 6.30. The number of halogens is 1. The van der Waals surface area contributed by atoms with Crippen molar-refractivity contribution < 1.29 is 0 Å². The molecule has 0 amide bonds. The summed E-state index contributed by atoms with van der Waals surface area (Å²) in [6.45, 7) is 5.05. The lowest BCUT2D eigenvalue weighted by Gasteiger charge is -2.09. The van der Waals surface area contributed by atoms with Crippen molar-refractivity contribution >= 4 is 11.6 Å². The third kappa shape index (κ3) is 4.37. The fourth-order valence-corrected chi connectivity index (χ4v) is 2.12. The van der Waals surface area contributed by atoms with E-state index in [2.05, 4.69) is 33.9 Å². The Morgan fingerprint density at radius 1 is 1.26 bits per heavy atom. The zero-order valence-electron chi connectivity index (χ0n) is 11.3. The fourth-order valence-electron chi connectivity index (χ4n) is 1.99. The lowest BCUT2D eigenvalue weighted by Crippen LogP contribution is -2.17. The minimum Gasteiger partial charge on any atom is -0.333 e. The molecule has 0 fully saturated rings. The molecular formula is C15H20ClN3. The van der Waals surface area contributed by atoms with E-state index in [1.807, 2.05) is 24.7 Å². The third-order valence-electron chi connectivity index (χ3n) is 3.09. The molecular weight excluding hydrogens is 258 g/mol. The Balaban J connectivity index is 1.88. The lowest BCUT2D eigenvalue weighted by atomic mass is 10.1. The van der Waals surface area contributed by atoms with Crippen LogP contribution in [0.15, 0.2) is 36.8 Å². The molecule has 0 saturated carbocycles. The van der Waals surface area contributed by atoms with Crippen LogP contribution in [0.25, 0.3) is 0 Å². The van der Waals surface area contributed by atoms with Crippen molar-refractivity contribution in [2.75, 3.05) is 6.54 Å². The summed E-state index contributed by atoms with van der Waals surface area (Å²) in [5.41, 5.74) is 2.54. The van der Waals surface area contributed by atoms with Crippen molar-refractivity contribution in [3.05, 3.63) is 53.1 Å². The van der Waals surface area contributed by atoms with Gasteiger partial charge in [-0.1, -0.05) is 30.7 Å². The summed E-state index contributed by atoms with van der Waals surface area (Å²) >= 11 is 5.88. The van der Waals surface area contributed by atoms with E-state index in [0.717, 1.165) is 37.5 Å². The second-order valence-electron chi connectivity index (χ2n) is 4.63. The van der Waals surface area contributed by atoms with E-state index >= 15 is 0 Å². The first-order valence-corrected chi connectivity index (χ1v) is 7.11. The van der Waals surface area contributed by atoms with Crippen LogP contribution < -0.4 is 5.32 Å². The molecule has 0 aliphatic carbocycles. The van der Waals surface area contributed by atoms with Crippen molar-refractivity contribution in [1.82, 2.24) is 14.9 Å². The topological polar surface area (TPSA) is 29.9 Å². The van der Waals surface area contributed by atoms with E-state index in [1.165, 1.54) is 11.3 Å². The molecule has 0 aliphatic rings. The monoisotopic (exact) mass is 277 g/mol. The zero-order chi connectivity index (χ0) is 13.5. The van der Waals surface area contributed by atoms with Crippen molar-refractivity contribution in [3.63, 3.8) is 0 Å². The minimum atomic E-state index is 0.788. The SMILES string of the molecule is CCCNCc1cncn1CCc1ccc(Cl)cc1. The fraction of sp³-hybridized carbons (Fsp3) is 0.400. The largest absolute Gasteiger partial charge is 0.333 e. The Kier molecular flexibility index (Phi) is 5.43. The van der Waals surface area contributed by atoms with Crippen LogP contribution in [0.3, 0.4) is 0 Å². The Morgan fingerprint density at radius 2 is 2.05 bits per heavy atom. The Bertz CT molecular complexity index is 490. The first kappa shape index (κ1) is 14.1. The number of aryl methyl sites for hydroxylation is 2. The third-order valence-corrected chi connectivity index (χ3v) is 3.34. The number of nitrogens with zero attached hydrogens (tertiary/aromatic N) is 2. The van der Waals surface area contributed by atoms with Gasteiger partial charge in [-0.2, -0.15) is 0 Å². The summed E-state index contributed by atoms with van der Waals surface area (Å²) in [6, 6.07) is 8.03. The highest BCUT2D eigenvalue weighted by Crippen LogP contribution is 2.11. The van der Waals surface area contributed by atoms with E-state index in [9.17, 15) is 0 Å². The lowest BCUT2D eigenvalue weighted by molar-refractivity contribution is 0.604. The van der Waals surface area contributed by atoms with Gasteiger partial charge in [0.05, 0.1) is 12.0 Å². The second kappa shape index (κ2) is 7.31. The van der Waals surface area contributed by atoms with Crippen LogP contribution in [0.2, 0.25) is 5.02 Å². The minimum absolute atomic E-state index is 0.788. The number of nitrogens with one attached hydrogen (secondary N) is 1. The van der Waals surface area contributed by atoms with Crippen LogP contribution in [0.1, 0.15) is 24.6 Å². The first-order chi connectivity index (χ1) is 9.29. The van der Waals surface area contributed by atoms with Crippen LogP contribution in [-0.4, -0.2) is 16.1 Å². The van der Waals surface area contributed by atoms with Gasteiger partial charge in [0, 0.05) is 24.3 Å². The quantitative estimate of drug-likeness (QED) is 0.787. The molecule has 2 aromatic rings. The van der Waals surface area contributed by atoms with Gasteiger partial charge in [0.25, 0.3) is 0 Å². The Morgan fingerprint density at radius 3 is 2.79 bits per heavy atom. The summed E-state index contributed by atoms with van der Waals surface area (Å²) in [5.74, 6) is 0. The molecule has 0 saturated heterocycles. The maximum Gasteiger partial charge on any atom is 0.0948 e.